The number of hydrogen-bond donors (Lipinski definition) is 0. The van der Waals surface area contributed by atoms with Crippen molar-refractivity contribution in [2.24, 2.45) is 0 Å². The van der Waals surface area contributed by atoms with Crippen LogP contribution in [0.5, 0.6) is 5.75 Å². The highest BCUT2D eigenvalue weighted by Gasteiger charge is 2.22. The van der Waals surface area contributed by atoms with E-state index in [1.54, 1.807) is 6.92 Å². The molecule has 3 rings (SSSR count). The maximum absolute atomic E-state index is 12.2. The van der Waals surface area contributed by atoms with Gasteiger partial charge in [0.25, 0.3) is 0 Å². The minimum Gasteiger partial charge on any atom is -0.479 e. The lowest BCUT2D eigenvalue weighted by Gasteiger charge is -2.23. The van der Waals surface area contributed by atoms with Gasteiger partial charge in [0.2, 0.25) is 0 Å². The second-order valence-corrected chi connectivity index (χ2v) is 6.35. The fraction of sp³-hybridized carbons (Fsp3) is 0.381. The van der Waals surface area contributed by atoms with Crippen molar-refractivity contribution in [1.29, 1.82) is 0 Å². The summed E-state index contributed by atoms with van der Waals surface area (Å²) < 4.78 is 11.3. The summed E-state index contributed by atoms with van der Waals surface area (Å²) in [6.07, 6.45) is 4.97. The Kier molecular flexibility index (Phi) is 5.52. The number of carbonyl (C=O) groups is 1. The van der Waals surface area contributed by atoms with Crippen LogP contribution in [-0.4, -0.2) is 18.2 Å². The molecule has 0 amide bonds. The zero-order valence-corrected chi connectivity index (χ0v) is 14.1. The van der Waals surface area contributed by atoms with Crippen LogP contribution in [0, 0.1) is 0 Å². The third-order valence-corrected chi connectivity index (χ3v) is 4.44. The van der Waals surface area contributed by atoms with Gasteiger partial charge in [-0.15, -0.1) is 0 Å². The van der Waals surface area contributed by atoms with E-state index in [4.69, 9.17) is 9.47 Å². The molecule has 1 fully saturated rings. The van der Waals surface area contributed by atoms with Crippen molar-refractivity contribution in [2.75, 3.05) is 0 Å². The van der Waals surface area contributed by atoms with Crippen molar-refractivity contribution >= 4 is 5.97 Å². The number of benzene rings is 2. The molecule has 0 radical (unpaired) electrons. The minimum atomic E-state index is -0.588. The van der Waals surface area contributed by atoms with E-state index < -0.39 is 6.10 Å². The molecule has 3 heteroatoms. The summed E-state index contributed by atoms with van der Waals surface area (Å²) in [5.74, 6) is 0.414. The molecular weight excluding hydrogens is 300 g/mol. The molecule has 1 aliphatic carbocycles. The molecule has 0 N–H and O–H groups in total. The second kappa shape index (κ2) is 8.00. The van der Waals surface area contributed by atoms with Gasteiger partial charge in [-0.2, -0.15) is 0 Å². The topological polar surface area (TPSA) is 35.5 Å². The Morgan fingerprint density at radius 2 is 1.54 bits per heavy atom. The van der Waals surface area contributed by atoms with Crippen LogP contribution in [0.3, 0.4) is 0 Å². The van der Waals surface area contributed by atoms with Crippen molar-refractivity contribution in [3.63, 3.8) is 0 Å². The van der Waals surface area contributed by atoms with Crippen LogP contribution in [0.15, 0.2) is 54.6 Å². The second-order valence-electron chi connectivity index (χ2n) is 6.35. The maximum Gasteiger partial charge on any atom is 0.347 e. The third-order valence-electron chi connectivity index (χ3n) is 4.44. The van der Waals surface area contributed by atoms with Gasteiger partial charge in [0.05, 0.1) is 0 Å². The first-order valence-electron chi connectivity index (χ1n) is 8.75. The quantitative estimate of drug-likeness (QED) is 0.726. The average molecular weight is 324 g/mol. The Morgan fingerprint density at radius 3 is 2.21 bits per heavy atom. The molecule has 1 atom stereocenters. The van der Waals surface area contributed by atoms with Crippen LogP contribution >= 0.6 is 0 Å². The zero-order valence-electron chi connectivity index (χ0n) is 14.1. The normalized spacial score (nSPS) is 16.4. The molecule has 126 valence electrons. The number of rotatable bonds is 5. The molecule has 24 heavy (non-hydrogen) atoms. The molecule has 2 aromatic carbocycles. The Balaban J connectivity index is 1.56. The molecule has 0 bridgehead atoms. The maximum atomic E-state index is 12.2. The largest absolute Gasteiger partial charge is 0.479 e. The van der Waals surface area contributed by atoms with E-state index in [1.165, 1.54) is 6.42 Å². The van der Waals surface area contributed by atoms with Gasteiger partial charge in [0.1, 0.15) is 11.9 Å². The minimum absolute atomic E-state index is 0.0674. The molecule has 1 saturated carbocycles. The van der Waals surface area contributed by atoms with Gasteiger partial charge in [-0.3, -0.25) is 0 Å². The predicted octanol–water partition coefficient (Wildman–Crippen LogP) is 5.00. The molecule has 0 aliphatic heterocycles. The van der Waals surface area contributed by atoms with Crippen LogP contribution < -0.4 is 4.74 Å². The zero-order chi connectivity index (χ0) is 16.8. The van der Waals surface area contributed by atoms with Gasteiger partial charge in [-0.25, -0.2) is 4.79 Å². The monoisotopic (exact) mass is 324 g/mol. The summed E-state index contributed by atoms with van der Waals surface area (Å²) in [7, 11) is 0. The van der Waals surface area contributed by atoms with Gasteiger partial charge >= 0.3 is 5.97 Å². The SMILES string of the molecule is CC(Oc1ccc(-c2ccccc2)cc1)C(=O)OC1CCCCC1. The van der Waals surface area contributed by atoms with E-state index in [9.17, 15) is 4.79 Å². The molecular formula is C21H24O3. The smallest absolute Gasteiger partial charge is 0.347 e. The van der Waals surface area contributed by atoms with Crippen molar-refractivity contribution < 1.29 is 14.3 Å². The molecule has 1 aliphatic rings. The van der Waals surface area contributed by atoms with E-state index in [0.29, 0.717) is 5.75 Å². The van der Waals surface area contributed by atoms with Crippen molar-refractivity contribution in [3.8, 4) is 16.9 Å². The summed E-state index contributed by atoms with van der Waals surface area (Å²) in [6.45, 7) is 1.75. The van der Waals surface area contributed by atoms with Gasteiger partial charge < -0.3 is 9.47 Å². The van der Waals surface area contributed by atoms with Gasteiger partial charge in [0, 0.05) is 0 Å². The fourth-order valence-corrected chi connectivity index (χ4v) is 3.05. The highest BCUT2D eigenvalue weighted by Crippen LogP contribution is 2.24. The number of hydrogen-bond acceptors (Lipinski definition) is 3. The Morgan fingerprint density at radius 1 is 0.917 bits per heavy atom. The Bertz CT molecular complexity index is 643. The molecule has 0 saturated heterocycles. The number of carbonyl (C=O) groups excluding carboxylic acids is 1. The molecule has 3 nitrogen and oxygen atoms in total. The lowest BCUT2D eigenvalue weighted by Crippen LogP contribution is -2.31. The van der Waals surface area contributed by atoms with Crippen LogP contribution in [0.25, 0.3) is 11.1 Å². The predicted molar refractivity (Wildman–Crippen MR) is 94.9 cm³/mol. The highest BCUT2D eigenvalue weighted by molar-refractivity contribution is 5.75. The first-order chi connectivity index (χ1) is 11.7. The third kappa shape index (κ3) is 4.38. The summed E-state index contributed by atoms with van der Waals surface area (Å²) >= 11 is 0. The van der Waals surface area contributed by atoms with Crippen LogP contribution in [-0.2, 0) is 9.53 Å². The number of ether oxygens (including phenoxy) is 2. The molecule has 2 aromatic rings. The van der Waals surface area contributed by atoms with E-state index >= 15 is 0 Å². The highest BCUT2D eigenvalue weighted by atomic mass is 16.6. The molecule has 0 heterocycles. The van der Waals surface area contributed by atoms with Crippen LogP contribution in [0.4, 0.5) is 0 Å². The van der Waals surface area contributed by atoms with E-state index in [0.717, 1.165) is 36.8 Å². The van der Waals surface area contributed by atoms with Crippen LogP contribution in [0.2, 0.25) is 0 Å². The van der Waals surface area contributed by atoms with Gasteiger partial charge in [-0.1, -0.05) is 48.9 Å². The van der Waals surface area contributed by atoms with Gasteiger partial charge in [-0.05, 0) is 55.9 Å². The fourth-order valence-electron chi connectivity index (χ4n) is 3.05. The van der Waals surface area contributed by atoms with Crippen molar-refractivity contribution in [3.05, 3.63) is 54.6 Å². The summed E-state index contributed by atoms with van der Waals surface area (Å²) in [6, 6.07) is 18.0. The number of esters is 1. The summed E-state index contributed by atoms with van der Waals surface area (Å²) in [5.41, 5.74) is 2.29. The van der Waals surface area contributed by atoms with Crippen LogP contribution in [0.1, 0.15) is 39.0 Å². The molecule has 0 spiro atoms. The van der Waals surface area contributed by atoms with Crippen molar-refractivity contribution in [1.82, 2.24) is 0 Å². The average Bonchev–Trinajstić information content (AvgIpc) is 2.64. The van der Waals surface area contributed by atoms with E-state index in [1.807, 2.05) is 42.5 Å². The Labute approximate surface area is 143 Å². The van der Waals surface area contributed by atoms with E-state index in [-0.39, 0.29) is 12.1 Å². The molecule has 0 aromatic heterocycles. The first kappa shape index (κ1) is 16.6. The lowest BCUT2D eigenvalue weighted by molar-refractivity contribution is -0.158. The lowest BCUT2D eigenvalue weighted by atomic mass is 9.98. The standard InChI is InChI=1S/C21H24O3/c1-16(21(22)24-19-10-6-3-7-11-19)23-20-14-12-18(13-15-20)17-8-4-2-5-9-17/h2,4-5,8-9,12-16,19H,3,6-7,10-11H2,1H3. The van der Waals surface area contributed by atoms with Gasteiger partial charge in [0.15, 0.2) is 6.10 Å². The summed E-state index contributed by atoms with van der Waals surface area (Å²) in [5, 5.41) is 0. The Hall–Kier alpha value is -2.29. The first-order valence-corrected chi connectivity index (χ1v) is 8.75. The molecule has 1 unspecified atom stereocenters. The summed E-state index contributed by atoms with van der Waals surface area (Å²) in [4.78, 5) is 12.2. The van der Waals surface area contributed by atoms with Crippen molar-refractivity contribution in [2.45, 2.75) is 51.2 Å². The van der Waals surface area contributed by atoms with E-state index in [2.05, 4.69) is 12.1 Å².